The standard InChI is InChI=1S/C19H25N5O3/c1-14(18(20)15-5-3-2-4-6-15)19(26)22-16-11-21-24(12-16)13-17(25)23-7-9-27-10-8-23/h2-6,11-12,14,18H,7-10,13,20H2,1H3,(H,22,26). The molecule has 8 nitrogen and oxygen atoms in total. The number of benzene rings is 1. The molecule has 1 aliphatic rings. The van der Waals surface area contributed by atoms with Gasteiger partial charge in [0.05, 0.1) is 31.0 Å². The first-order valence-electron chi connectivity index (χ1n) is 9.04. The van der Waals surface area contributed by atoms with Crippen LogP contribution in [0.2, 0.25) is 0 Å². The summed E-state index contributed by atoms with van der Waals surface area (Å²) in [6, 6.07) is 9.12. The number of rotatable bonds is 6. The van der Waals surface area contributed by atoms with Crippen LogP contribution in [-0.4, -0.2) is 52.8 Å². The average molecular weight is 371 g/mol. The number of hydrogen-bond donors (Lipinski definition) is 2. The highest BCUT2D eigenvalue weighted by Crippen LogP contribution is 2.20. The number of nitrogens with one attached hydrogen (secondary N) is 1. The fourth-order valence-corrected chi connectivity index (χ4v) is 2.95. The lowest BCUT2D eigenvalue weighted by Gasteiger charge is -2.26. The van der Waals surface area contributed by atoms with Crippen molar-refractivity contribution in [2.75, 3.05) is 31.6 Å². The maximum atomic E-state index is 12.5. The molecular formula is C19H25N5O3. The van der Waals surface area contributed by atoms with Crippen molar-refractivity contribution in [1.82, 2.24) is 14.7 Å². The number of anilines is 1. The monoisotopic (exact) mass is 371 g/mol. The molecule has 1 fully saturated rings. The predicted molar refractivity (Wildman–Crippen MR) is 101 cm³/mol. The molecule has 3 N–H and O–H groups in total. The average Bonchev–Trinajstić information content (AvgIpc) is 3.14. The Balaban J connectivity index is 1.55. The van der Waals surface area contributed by atoms with Crippen molar-refractivity contribution in [2.24, 2.45) is 11.7 Å². The Morgan fingerprint density at radius 2 is 1.96 bits per heavy atom. The molecule has 0 aliphatic carbocycles. The van der Waals surface area contributed by atoms with Gasteiger partial charge < -0.3 is 20.7 Å². The highest BCUT2D eigenvalue weighted by atomic mass is 16.5. The number of morpholine rings is 1. The van der Waals surface area contributed by atoms with E-state index < -0.39 is 12.0 Å². The number of nitrogens with two attached hydrogens (primary N) is 1. The molecule has 3 rings (SSSR count). The molecule has 0 saturated carbocycles. The SMILES string of the molecule is CC(C(=O)Nc1cnn(CC(=O)N2CCOCC2)c1)C(N)c1ccccc1. The summed E-state index contributed by atoms with van der Waals surface area (Å²) in [5, 5.41) is 6.98. The van der Waals surface area contributed by atoms with Gasteiger partial charge in [-0.1, -0.05) is 37.3 Å². The van der Waals surface area contributed by atoms with Crippen LogP contribution in [0.1, 0.15) is 18.5 Å². The molecule has 1 aromatic heterocycles. The maximum Gasteiger partial charge on any atom is 0.244 e. The van der Waals surface area contributed by atoms with Gasteiger partial charge in [-0.25, -0.2) is 0 Å². The molecule has 8 heteroatoms. The quantitative estimate of drug-likeness (QED) is 0.789. The van der Waals surface area contributed by atoms with Crippen LogP contribution < -0.4 is 11.1 Å². The Morgan fingerprint density at radius 1 is 1.26 bits per heavy atom. The van der Waals surface area contributed by atoms with E-state index in [-0.39, 0.29) is 18.4 Å². The summed E-state index contributed by atoms with van der Waals surface area (Å²) < 4.78 is 6.77. The summed E-state index contributed by atoms with van der Waals surface area (Å²) in [5.41, 5.74) is 7.66. The molecule has 2 amide bonds. The number of carbonyl (C=O) groups excluding carboxylic acids is 2. The van der Waals surface area contributed by atoms with Crippen molar-refractivity contribution in [3.63, 3.8) is 0 Å². The van der Waals surface area contributed by atoms with Crippen molar-refractivity contribution in [1.29, 1.82) is 0 Å². The molecule has 1 aromatic carbocycles. The van der Waals surface area contributed by atoms with Crippen LogP contribution >= 0.6 is 0 Å². The number of aromatic nitrogens is 2. The lowest BCUT2D eigenvalue weighted by atomic mass is 9.95. The second-order valence-corrected chi connectivity index (χ2v) is 6.63. The largest absolute Gasteiger partial charge is 0.378 e. The van der Waals surface area contributed by atoms with Crippen molar-refractivity contribution >= 4 is 17.5 Å². The predicted octanol–water partition coefficient (Wildman–Crippen LogP) is 1.02. The minimum absolute atomic E-state index is 0.0151. The van der Waals surface area contributed by atoms with Crippen molar-refractivity contribution in [3.05, 3.63) is 48.3 Å². The number of nitrogens with zero attached hydrogens (tertiary/aromatic N) is 3. The first-order valence-corrected chi connectivity index (χ1v) is 9.04. The highest BCUT2D eigenvalue weighted by molar-refractivity contribution is 5.92. The van der Waals surface area contributed by atoms with E-state index in [4.69, 9.17) is 10.5 Å². The summed E-state index contributed by atoms with van der Waals surface area (Å²) in [7, 11) is 0. The second kappa shape index (κ2) is 8.79. The van der Waals surface area contributed by atoms with E-state index in [1.165, 1.54) is 10.9 Å². The van der Waals surface area contributed by atoms with Gasteiger partial charge in [-0.2, -0.15) is 5.10 Å². The van der Waals surface area contributed by atoms with Gasteiger partial charge in [0.1, 0.15) is 6.54 Å². The summed E-state index contributed by atoms with van der Waals surface area (Å²) in [6.45, 7) is 4.24. The molecule has 2 aromatic rings. The summed E-state index contributed by atoms with van der Waals surface area (Å²) in [6.07, 6.45) is 3.18. The third kappa shape index (κ3) is 4.93. The third-order valence-electron chi connectivity index (χ3n) is 4.70. The van der Waals surface area contributed by atoms with Crippen LogP contribution in [0.5, 0.6) is 0 Å². The molecule has 27 heavy (non-hydrogen) atoms. The van der Waals surface area contributed by atoms with E-state index >= 15 is 0 Å². The van der Waals surface area contributed by atoms with E-state index in [0.717, 1.165) is 5.56 Å². The molecule has 2 heterocycles. The molecule has 0 spiro atoms. The number of amides is 2. The van der Waals surface area contributed by atoms with Crippen molar-refractivity contribution in [2.45, 2.75) is 19.5 Å². The number of carbonyl (C=O) groups is 2. The zero-order chi connectivity index (χ0) is 19.2. The maximum absolute atomic E-state index is 12.5. The van der Waals surface area contributed by atoms with Gasteiger partial charge >= 0.3 is 0 Å². The van der Waals surface area contributed by atoms with Crippen LogP contribution in [0.3, 0.4) is 0 Å². The van der Waals surface area contributed by atoms with Gasteiger partial charge in [0.15, 0.2) is 0 Å². The molecule has 1 saturated heterocycles. The highest BCUT2D eigenvalue weighted by Gasteiger charge is 2.23. The lowest BCUT2D eigenvalue weighted by Crippen LogP contribution is -2.42. The van der Waals surface area contributed by atoms with E-state index in [1.807, 2.05) is 30.3 Å². The topological polar surface area (TPSA) is 102 Å². The van der Waals surface area contributed by atoms with Crippen LogP contribution in [0.15, 0.2) is 42.7 Å². The fourth-order valence-electron chi connectivity index (χ4n) is 2.95. The van der Waals surface area contributed by atoms with Gasteiger partial charge in [-0.15, -0.1) is 0 Å². The Morgan fingerprint density at radius 3 is 2.67 bits per heavy atom. The minimum atomic E-state index is -0.411. The van der Waals surface area contributed by atoms with Crippen molar-refractivity contribution in [3.8, 4) is 0 Å². The van der Waals surface area contributed by atoms with Crippen LogP contribution in [-0.2, 0) is 20.9 Å². The molecule has 0 bridgehead atoms. The Kier molecular flexibility index (Phi) is 6.20. The third-order valence-corrected chi connectivity index (χ3v) is 4.70. The Hall–Kier alpha value is -2.71. The smallest absolute Gasteiger partial charge is 0.244 e. The zero-order valence-electron chi connectivity index (χ0n) is 15.4. The molecular weight excluding hydrogens is 346 g/mol. The first kappa shape index (κ1) is 19.1. The summed E-state index contributed by atoms with van der Waals surface area (Å²) in [5.74, 6) is -0.616. The minimum Gasteiger partial charge on any atom is -0.378 e. The summed E-state index contributed by atoms with van der Waals surface area (Å²) >= 11 is 0. The van der Waals surface area contributed by atoms with Gasteiger partial charge in [0.25, 0.3) is 0 Å². The van der Waals surface area contributed by atoms with Crippen LogP contribution in [0.25, 0.3) is 0 Å². The molecule has 144 valence electrons. The van der Waals surface area contributed by atoms with E-state index in [0.29, 0.717) is 32.0 Å². The number of ether oxygens (including phenoxy) is 1. The van der Waals surface area contributed by atoms with Crippen LogP contribution in [0.4, 0.5) is 5.69 Å². The van der Waals surface area contributed by atoms with Gasteiger partial charge in [0, 0.05) is 25.3 Å². The molecule has 0 radical (unpaired) electrons. The van der Waals surface area contributed by atoms with E-state index in [2.05, 4.69) is 10.4 Å². The Bertz CT molecular complexity index is 771. The van der Waals surface area contributed by atoms with E-state index in [1.54, 1.807) is 18.0 Å². The van der Waals surface area contributed by atoms with Gasteiger partial charge in [0.2, 0.25) is 11.8 Å². The second-order valence-electron chi connectivity index (χ2n) is 6.63. The zero-order valence-corrected chi connectivity index (χ0v) is 15.4. The number of hydrogen-bond acceptors (Lipinski definition) is 5. The normalized spacial score (nSPS) is 16.6. The lowest BCUT2D eigenvalue weighted by molar-refractivity contribution is -0.136. The molecule has 1 aliphatic heterocycles. The first-order chi connectivity index (χ1) is 13.0. The van der Waals surface area contributed by atoms with Gasteiger partial charge in [-0.05, 0) is 5.56 Å². The van der Waals surface area contributed by atoms with E-state index in [9.17, 15) is 9.59 Å². The van der Waals surface area contributed by atoms with Crippen molar-refractivity contribution < 1.29 is 14.3 Å². The molecule has 2 unspecified atom stereocenters. The molecule has 2 atom stereocenters. The summed E-state index contributed by atoms with van der Waals surface area (Å²) in [4.78, 5) is 26.5. The Labute approximate surface area is 158 Å². The van der Waals surface area contributed by atoms with Gasteiger partial charge in [-0.3, -0.25) is 14.3 Å². The fraction of sp³-hybridized carbons (Fsp3) is 0.421. The van der Waals surface area contributed by atoms with Crippen LogP contribution in [0, 0.1) is 5.92 Å².